The van der Waals surface area contributed by atoms with Gasteiger partial charge in [-0.05, 0) is 18.8 Å². The highest BCUT2D eigenvalue weighted by Crippen LogP contribution is 2.21. The van der Waals surface area contributed by atoms with Crippen molar-refractivity contribution < 1.29 is 4.79 Å². The van der Waals surface area contributed by atoms with Crippen molar-refractivity contribution in [2.24, 2.45) is 11.1 Å². The molecule has 1 aromatic rings. The lowest BCUT2D eigenvalue weighted by molar-refractivity contribution is -0.118. The fourth-order valence-electron chi connectivity index (χ4n) is 1.88. The Balaban J connectivity index is 2.39. The minimum atomic E-state index is -0.0384. The predicted molar refractivity (Wildman–Crippen MR) is 72.2 cm³/mol. The van der Waals surface area contributed by atoms with Crippen LogP contribution in [0, 0.1) is 12.3 Å². The van der Waals surface area contributed by atoms with Crippen LogP contribution < -0.4 is 5.73 Å². The van der Waals surface area contributed by atoms with Crippen LogP contribution in [0.2, 0.25) is 0 Å². The summed E-state index contributed by atoms with van der Waals surface area (Å²) in [5.74, 6) is 0.191. The first kappa shape index (κ1) is 14.3. The van der Waals surface area contributed by atoms with E-state index in [2.05, 4.69) is 25.8 Å². The van der Waals surface area contributed by atoms with Gasteiger partial charge in [0.2, 0.25) is 0 Å². The van der Waals surface area contributed by atoms with Gasteiger partial charge >= 0.3 is 0 Å². The normalized spacial score (nSPS) is 13.7. The molecule has 3 nitrogen and oxygen atoms in total. The first-order valence-corrected chi connectivity index (χ1v) is 6.82. The predicted octanol–water partition coefficient (Wildman–Crippen LogP) is 2.72. The molecule has 96 valence electrons. The van der Waals surface area contributed by atoms with Gasteiger partial charge in [-0.15, -0.1) is 11.3 Å². The number of Topliss-reactive ketones (excluding diaryl/α,β-unsaturated/α-hetero) is 1. The van der Waals surface area contributed by atoms with Crippen molar-refractivity contribution in [3.63, 3.8) is 0 Å². The topological polar surface area (TPSA) is 56.0 Å². The average Bonchev–Trinajstić information content (AvgIpc) is 2.46. The van der Waals surface area contributed by atoms with E-state index in [1.807, 2.05) is 12.3 Å². The molecular formula is C13H22N2OS. The third kappa shape index (κ3) is 5.94. The van der Waals surface area contributed by atoms with Crippen molar-refractivity contribution in [3.05, 3.63) is 16.1 Å². The molecule has 0 bridgehead atoms. The second-order valence-corrected chi connectivity index (χ2v) is 6.77. The Labute approximate surface area is 107 Å². The minimum absolute atomic E-state index is 0.0384. The first-order valence-electron chi connectivity index (χ1n) is 5.94. The van der Waals surface area contributed by atoms with Crippen molar-refractivity contribution >= 4 is 17.1 Å². The molecule has 0 aromatic carbocycles. The van der Waals surface area contributed by atoms with Crippen LogP contribution in [0.1, 0.15) is 44.3 Å². The van der Waals surface area contributed by atoms with Gasteiger partial charge in [-0.25, -0.2) is 4.98 Å². The van der Waals surface area contributed by atoms with Crippen molar-refractivity contribution in [2.45, 2.75) is 53.0 Å². The molecule has 1 atom stereocenters. The van der Waals surface area contributed by atoms with Crippen LogP contribution in [0.25, 0.3) is 0 Å². The van der Waals surface area contributed by atoms with E-state index in [0.29, 0.717) is 12.8 Å². The molecule has 0 saturated carbocycles. The quantitative estimate of drug-likeness (QED) is 0.879. The van der Waals surface area contributed by atoms with Crippen molar-refractivity contribution in [2.75, 3.05) is 0 Å². The summed E-state index contributed by atoms with van der Waals surface area (Å²) in [5.41, 5.74) is 7.14. The fourth-order valence-corrected chi connectivity index (χ4v) is 2.68. The molecule has 4 heteroatoms. The zero-order chi connectivity index (χ0) is 13.1. The van der Waals surface area contributed by atoms with Crippen LogP contribution in [0.4, 0.5) is 0 Å². The molecule has 0 spiro atoms. The lowest BCUT2D eigenvalue weighted by atomic mass is 9.86. The fraction of sp³-hybridized carbons (Fsp3) is 0.692. The number of aryl methyl sites for hydroxylation is 1. The second kappa shape index (κ2) is 5.74. The zero-order valence-electron chi connectivity index (χ0n) is 11.1. The number of hydrogen-bond acceptors (Lipinski definition) is 4. The Morgan fingerprint density at radius 2 is 2.18 bits per heavy atom. The third-order valence-corrected chi connectivity index (χ3v) is 3.35. The minimum Gasteiger partial charge on any atom is -0.327 e. The summed E-state index contributed by atoms with van der Waals surface area (Å²) in [6.07, 6.45) is 1.75. The van der Waals surface area contributed by atoms with Crippen molar-refractivity contribution in [1.82, 2.24) is 4.98 Å². The van der Waals surface area contributed by atoms with Crippen LogP contribution in [0.5, 0.6) is 0 Å². The highest BCUT2D eigenvalue weighted by Gasteiger charge is 2.18. The molecule has 0 aliphatic rings. The van der Waals surface area contributed by atoms with Crippen LogP contribution in [0.3, 0.4) is 0 Å². The standard InChI is InChI=1S/C13H22N2OS/c1-9-8-17-12(15-9)6-11(16)5-10(14)7-13(2,3)4/h8,10H,5-7,14H2,1-4H3. The number of ketones is 1. The molecular weight excluding hydrogens is 232 g/mol. The van der Waals surface area contributed by atoms with Crippen LogP contribution in [-0.4, -0.2) is 16.8 Å². The van der Waals surface area contributed by atoms with Gasteiger partial charge in [0.05, 0.1) is 6.42 Å². The number of carbonyl (C=O) groups is 1. The maximum Gasteiger partial charge on any atom is 0.141 e. The van der Waals surface area contributed by atoms with Gasteiger partial charge < -0.3 is 5.73 Å². The van der Waals surface area contributed by atoms with E-state index in [9.17, 15) is 4.79 Å². The molecule has 1 unspecified atom stereocenters. The van der Waals surface area contributed by atoms with Gasteiger partial charge in [-0.3, -0.25) is 4.79 Å². The van der Waals surface area contributed by atoms with Gasteiger partial charge in [0.1, 0.15) is 10.8 Å². The number of hydrogen-bond donors (Lipinski definition) is 1. The molecule has 0 fully saturated rings. The summed E-state index contributed by atoms with van der Waals surface area (Å²) < 4.78 is 0. The summed E-state index contributed by atoms with van der Waals surface area (Å²) >= 11 is 1.55. The van der Waals surface area contributed by atoms with E-state index in [0.717, 1.165) is 17.1 Å². The lowest BCUT2D eigenvalue weighted by Crippen LogP contribution is -2.29. The number of thiazole rings is 1. The number of carbonyl (C=O) groups excluding carboxylic acids is 1. The summed E-state index contributed by atoms with van der Waals surface area (Å²) in [6.45, 7) is 8.36. The largest absolute Gasteiger partial charge is 0.327 e. The SMILES string of the molecule is Cc1csc(CC(=O)CC(N)CC(C)(C)C)n1. The highest BCUT2D eigenvalue weighted by atomic mass is 32.1. The van der Waals surface area contributed by atoms with Gasteiger partial charge in [0.25, 0.3) is 0 Å². The Bertz CT molecular complexity index is 379. The molecule has 1 rings (SSSR count). The monoisotopic (exact) mass is 254 g/mol. The molecule has 0 aliphatic carbocycles. The Hall–Kier alpha value is -0.740. The van der Waals surface area contributed by atoms with Gasteiger partial charge in [-0.1, -0.05) is 20.8 Å². The molecule has 0 aliphatic heterocycles. The number of rotatable bonds is 5. The van der Waals surface area contributed by atoms with Gasteiger partial charge in [0, 0.05) is 23.5 Å². The summed E-state index contributed by atoms with van der Waals surface area (Å²) in [4.78, 5) is 16.1. The van der Waals surface area contributed by atoms with E-state index >= 15 is 0 Å². The molecule has 0 saturated heterocycles. The number of nitrogens with two attached hydrogens (primary N) is 1. The van der Waals surface area contributed by atoms with E-state index in [1.165, 1.54) is 0 Å². The molecule has 0 amide bonds. The molecule has 1 heterocycles. The maximum atomic E-state index is 11.8. The van der Waals surface area contributed by atoms with Gasteiger partial charge in [-0.2, -0.15) is 0 Å². The highest BCUT2D eigenvalue weighted by molar-refractivity contribution is 7.09. The third-order valence-electron chi connectivity index (χ3n) is 2.38. The van der Waals surface area contributed by atoms with Crippen LogP contribution >= 0.6 is 11.3 Å². The number of nitrogens with zero attached hydrogens (tertiary/aromatic N) is 1. The zero-order valence-corrected chi connectivity index (χ0v) is 11.9. The lowest BCUT2D eigenvalue weighted by Gasteiger charge is -2.22. The van der Waals surface area contributed by atoms with E-state index in [-0.39, 0.29) is 17.2 Å². The van der Waals surface area contributed by atoms with Crippen LogP contribution in [-0.2, 0) is 11.2 Å². The summed E-state index contributed by atoms with van der Waals surface area (Å²) in [7, 11) is 0. The average molecular weight is 254 g/mol. The first-order chi connectivity index (χ1) is 7.76. The Morgan fingerprint density at radius 3 is 2.65 bits per heavy atom. The van der Waals surface area contributed by atoms with Gasteiger partial charge in [0.15, 0.2) is 0 Å². The Morgan fingerprint density at radius 1 is 1.53 bits per heavy atom. The van der Waals surface area contributed by atoms with Crippen molar-refractivity contribution in [3.8, 4) is 0 Å². The maximum absolute atomic E-state index is 11.8. The van der Waals surface area contributed by atoms with Crippen LogP contribution in [0.15, 0.2) is 5.38 Å². The molecule has 1 aromatic heterocycles. The van der Waals surface area contributed by atoms with E-state index in [4.69, 9.17) is 5.73 Å². The molecule has 2 N–H and O–H groups in total. The van der Waals surface area contributed by atoms with Crippen molar-refractivity contribution in [1.29, 1.82) is 0 Å². The summed E-state index contributed by atoms with van der Waals surface area (Å²) in [5, 5.41) is 2.87. The summed E-state index contributed by atoms with van der Waals surface area (Å²) in [6, 6.07) is -0.0384. The van der Waals surface area contributed by atoms with E-state index < -0.39 is 0 Å². The second-order valence-electron chi connectivity index (χ2n) is 5.83. The smallest absolute Gasteiger partial charge is 0.141 e. The number of aromatic nitrogens is 1. The van der Waals surface area contributed by atoms with E-state index in [1.54, 1.807) is 11.3 Å². The molecule has 0 radical (unpaired) electrons. The molecule has 17 heavy (non-hydrogen) atoms. The Kier molecular flexibility index (Phi) is 4.83.